The Bertz CT molecular complexity index is 676. The number of aromatic carboxylic acids is 1. The molecule has 1 aromatic carbocycles. The molecule has 20 heavy (non-hydrogen) atoms. The number of rotatable bonds is 4. The van der Waals surface area contributed by atoms with Crippen LogP contribution in [0.2, 0.25) is 5.02 Å². The molecule has 0 aliphatic heterocycles. The van der Waals surface area contributed by atoms with Gasteiger partial charge < -0.3 is 5.11 Å². The van der Waals surface area contributed by atoms with Crippen molar-refractivity contribution in [1.82, 2.24) is 4.98 Å². The normalized spacial score (nSPS) is 10.2. The Balaban J connectivity index is 2.28. The minimum Gasteiger partial charge on any atom is -0.478 e. The number of carboxylic acid groups (broad SMARTS) is 1. The first kappa shape index (κ1) is 14.3. The van der Waals surface area contributed by atoms with Gasteiger partial charge in [-0.2, -0.15) is 0 Å². The monoisotopic (exact) mass is 310 g/mol. The Morgan fingerprint density at radius 3 is 2.50 bits per heavy atom. The van der Waals surface area contributed by atoms with Crippen molar-refractivity contribution in [2.45, 2.75) is 9.92 Å². The van der Waals surface area contributed by atoms with Crippen molar-refractivity contribution in [3.8, 4) is 0 Å². The van der Waals surface area contributed by atoms with E-state index in [1.165, 1.54) is 24.4 Å². The van der Waals surface area contributed by atoms with Gasteiger partial charge in [0.05, 0.1) is 15.5 Å². The summed E-state index contributed by atoms with van der Waals surface area (Å²) in [4.78, 5) is 25.7. The second kappa shape index (κ2) is 5.89. The third-order valence-corrected chi connectivity index (χ3v) is 3.86. The molecule has 2 aromatic rings. The molecule has 0 spiro atoms. The number of carboxylic acids is 1. The molecule has 0 bridgehead atoms. The van der Waals surface area contributed by atoms with Gasteiger partial charge in [0, 0.05) is 23.2 Å². The summed E-state index contributed by atoms with van der Waals surface area (Å²) < 4.78 is 0. The van der Waals surface area contributed by atoms with Gasteiger partial charge in [-0.25, -0.2) is 9.78 Å². The summed E-state index contributed by atoms with van der Waals surface area (Å²) in [5, 5.41) is 19.9. The summed E-state index contributed by atoms with van der Waals surface area (Å²) in [6.45, 7) is 0. The highest BCUT2D eigenvalue weighted by atomic mass is 35.5. The Morgan fingerprint density at radius 2 is 1.95 bits per heavy atom. The molecule has 1 aromatic heterocycles. The summed E-state index contributed by atoms with van der Waals surface area (Å²) in [7, 11) is 0. The van der Waals surface area contributed by atoms with Gasteiger partial charge in [-0.3, -0.25) is 10.1 Å². The van der Waals surface area contributed by atoms with E-state index in [-0.39, 0.29) is 16.3 Å². The lowest BCUT2D eigenvalue weighted by molar-refractivity contribution is -0.384. The first-order chi connectivity index (χ1) is 9.49. The number of carbonyl (C=O) groups is 1. The van der Waals surface area contributed by atoms with E-state index in [1.807, 2.05) is 0 Å². The zero-order valence-corrected chi connectivity index (χ0v) is 11.4. The molecule has 0 radical (unpaired) electrons. The SMILES string of the molecule is O=C(O)c1ccnc(Sc2ccc([N+](=O)[O-])cc2)c1Cl. The molecule has 0 unspecified atom stereocenters. The van der Waals surface area contributed by atoms with Crippen LogP contribution in [0.4, 0.5) is 5.69 Å². The van der Waals surface area contributed by atoms with Crippen LogP contribution in [-0.2, 0) is 0 Å². The van der Waals surface area contributed by atoms with E-state index >= 15 is 0 Å². The predicted octanol–water partition coefficient (Wildman–Crippen LogP) is 3.49. The summed E-state index contributed by atoms with van der Waals surface area (Å²) in [5.41, 5.74) is -0.0567. The molecule has 0 amide bonds. The van der Waals surface area contributed by atoms with Gasteiger partial charge in [0.15, 0.2) is 0 Å². The Kier molecular flexibility index (Phi) is 4.21. The summed E-state index contributed by atoms with van der Waals surface area (Å²) in [6.07, 6.45) is 1.35. The molecule has 0 aliphatic carbocycles. The highest BCUT2D eigenvalue weighted by Crippen LogP contribution is 2.33. The molecule has 0 atom stereocenters. The molecule has 0 saturated carbocycles. The van der Waals surface area contributed by atoms with Crippen molar-refractivity contribution in [2.24, 2.45) is 0 Å². The van der Waals surface area contributed by atoms with Crippen LogP contribution in [0.3, 0.4) is 0 Å². The molecule has 1 heterocycles. The molecular weight excluding hydrogens is 304 g/mol. The van der Waals surface area contributed by atoms with Gasteiger partial charge >= 0.3 is 5.97 Å². The number of hydrogen-bond acceptors (Lipinski definition) is 5. The molecular formula is C12H7ClN2O4S. The quantitative estimate of drug-likeness (QED) is 0.686. The van der Waals surface area contributed by atoms with Crippen LogP contribution in [-0.4, -0.2) is 21.0 Å². The van der Waals surface area contributed by atoms with Crippen LogP contribution >= 0.6 is 23.4 Å². The maximum Gasteiger partial charge on any atom is 0.337 e. The third kappa shape index (κ3) is 3.06. The van der Waals surface area contributed by atoms with Crippen molar-refractivity contribution in [2.75, 3.05) is 0 Å². The molecule has 0 aliphatic rings. The van der Waals surface area contributed by atoms with E-state index in [9.17, 15) is 14.9 Å². The van der Waals surface area contributed by atoms with Gasteiger partial charge in [-0.1, -0.05) is 23.4 Å². The standard InChI is InChI=1S/C12H7ClN2O4S/c13-10-9(12(16)17)5-6-14-11(10)20-8-3-1-7(2-4-8)15(18)19/h1-6H,(H,16,17). The second-order valence-corrected chi connectivity index (χ2v) is 5.08. The molecule has 0 fully saturated rings. The average molecular weight is 311 g/mol. The van der Waals surface area contributed by atoms with Crippen LogP contribution in [0.25, 0.3) is 0 Å². The zero-order chi connectivity index (χ0) is 14.7. The second-order valence-electron chi connectivity index (χ2n) is 3.64. The van der Waals surface area contributed by atoms with Crippen molar-refractivity contribution < 1.29 is 14.8 Å². The molecule has 0 saturated heterocycles. The highest BCUT2D eigenvalue weighted by molar-refractivity contribution is 7.99. The molecule has 102 valence electrons. The van der Waals surface area contributed by atoms with Crippen molar-refractivity contribution in [1.29, 1.82) is 0 Å². The Morgan fingerprint density at radius 1 is 1.30 bits per heavy atom. The minimum absolute atomic E-state index is 0.0207. The number of pyridine rings is 1. The van der Waals surface area contributed by atoms with Crippen LogP contribution < -0.4 is 0 Å². The van der Waals surface area contributed by atoms with Crippen LogP contribution in [0, 0.1) is 10.1 Å². The Labute approximate surface area is 122 Å². The number of nitrogens with zero attached hydrogens (tertiary/aromatic N) is 2. The van der Waals surface area contributed by atoms with E-state index in [1.54, 1.807) is 12.1 Å². The van der Waals surface area contributed by atoms with E-state index in [0.717, 1.165) is 11.8 Å². The van der Waals surface area contributed by atoms with Crippen LogP contribution in [0.5, 0.6) is 0 Å². The number of nitro groups is 1. The smallest absolute Gasteiger partial charge is 0.337 e. The van der Waals surface area contributed by atoms with Gasteiger partial charge in [0.25, 0.3) is 5.69 Å². The lowest BCUT2D eigenvalue weighted by atomic mass is 10.3. The van der Waals surface area contributed by atoms with Gasteiger partial charge in [0.2, 0.25) is 0 Å². The molecule has 2 rings (SSSR count). The van der Waals surface area contributed by atoms with Crippen molar-refractivity contribution in [3.63, 3.8) is 0 Å². The fourth-order valence-corrected chi connectivity index (χ4v) is 2.53. The first-order valence-corrected chi connectivity index (χ1v) is 6.48. The fourth-order valence-electron chi connectivity index (χ4n) is 1.41. The lowest BCUT2D eigenvalue weighted by Crippen LogP contribution is -1.99. The first-order valence-electron chi connectivity index (χ1n) is 5.29. The summed E-state index contributed by atoms with van der Waals surface area (Å²) >= 11 is 7.10. The lowest BCUT2D eigenvalue weighted by Gasteiger charge is -2.05. The zero-order valence-electron chi connectivity index (χ0n) is 9.82. The van der Waals surface area contributed by atoms with E-state index < -0.39 is 10.9 Å². The number of non-ortho nitro benzene ring substituents is 1. The highest BCUT2D eigenvalue weighted by Gasteiger charge is 2.14. The number of nitro benzene ring substituents is 1. The minimum atomic E-state index is -1.14. The maximum atomic E-state index is 10.9. The number of benzene rings is 1. The maximum absolute atomic E-state index is 10.9. The topological polar surface area (TPSA) is 93.3 Å². The van der Waals surface area contributed by atoms with Gasteiger partial charge in [-0.05, 0) is 18.2 Å². The molecule has 1 N–H and O–H groups in total. The molecule has 8 heteroatoms. The Hall–Kier alpha value is -2.12. The van der Waals surface area contributed by atoms with E-state index in [0.29, 0.717) is 9.92 Å². The largest absolute Gasteiger partial charge is 0.478 e. The number of halogens is 1. The van der Waals surface area contributed by atoms with E-state index in [2.05, 4.69) is 4.98 Å². The predicted molar refractivity (Wildman–Crippen MR) is 73.4 cm³/mol. The fraction of sp³-hybridized carbons (Fsp3) is 0. The summed E-state index contributed by atoms with van der Waals surface area (Å²) in [6, 6.07) is 7.13. The van der Waals surface area contributed by atoms with Crippen molar-refractivity contribution in [3.05, 3.63) is 57.2 Å². The van der Waals surface area contributed by atoms with Crippen LogP contribution in [0.15, 0.2) is 46.5 Å². The summed E-state index contributed by atoms with van der Waals surface area (Å²) in [5.74, 6) is -1.14. The molecule has 6 nitrogen and oxygen atoms in total. The number of aromatic nitrogens is 1. The third-order valence-electron chi connectivity index (χ3n) is 2.35. The van der Waals surface area contributed by atoms with Crippen LogP contribution in [0.1, 0.15) is 10.4 Å². The van der Waals surface area contributed by atoms with Gasteiger partial charge in [-0.15, -0.1) is 0 Å². The average Bonchev–Trinajstić information content (AvgIpc) is 2.41. The van der Waals surface area contributed by atoms with Crippen molar-refractivity contribution >= 4 is 35.0 Å². The number of hydrogen-bond donors (Lipinski definition) is 1. The van der Waals surface area contributed by atoms with E-state index in [4.69, 9.17) is 16.7 Å². The van der Waals surface area contributed by atoms with Gasteiger partial charge in [0.1, 0.15) is 5.03 Å².